The molecule has 0 aliphatic carbocycles. The molecule has 0 saturated carbocycles. The third-order valence-electron chi connectivity index (χ3n) is 2.91. The van der Waals surface area contributed by atoms with Crippen LogP contribution in [0.1, 0.15) is 41.5 Å². The highest BCUT2D eigenvalue weighted by Crippen LogP contribution is 2.29. The Morgan fingerprint density at radius 2 is 1.43 bits per heavy atom. The van der Waals surface area contributed by atoms with Crippen molar-refractivity contribution in [1.29, 1.82) is 10.5 Å². The number of nitrogens with one attached hydrogen (secondary N) is 1. The summed E-state index contributed by atoms with van der Waals surface area (Å²) in [6.07, 6.45) is -0.650. The van der Waals surface area contributed by atoms with Crippen molar-refractivity contribution in [2.45, 2.75) is 52.7 Å². The molecule has 0 aromatic heterocycles. The summed E-state index contributed by atoms with van der Waals surface area (Å²) in [5.74, 6) is 0. The van der Waals surface area contributed by atoms with Gasteiger partial charge in [-0.15, -0.1) is 0 Å². The van der Waals surface area contributed by atoms with Gasteiger partial charge in [0.05, 0.1) is 11.4 Å². The van der Waals surface area contributed by atoms with Crippen LogP contribution in [-0.4, -0.2) is 23.4 Å². The van der Waals surface area contributed by atoms with Crippen LogP contribution in [-0.2, 0) is 9.47 Å². The molecule has 2 amide bonds. The normalized spacial score (nSPS) is 10.7. The zero-order valence-electron chi connectivity index (χ0n) is 16.9. The molecule has 0 aliphatic heterocycles. The molecule has 0 radical (unpaired) electrons. The van der Waals surface area contributed by atoms with E-state index in [2.05, 4.69) is 5.32 Å². The standard InChI is InChI=1S/C20H24N4O4/c1-19(2,3)27-17(25)24(18(26)28-20(4,5)6)16-10-8-7-9-15(16)23-13-14(11-21)12-22/h7-10,13,23H,1-6H3. The molecule has 0 heterocycles. The first-order valence-corrected chi connectivity index (χ1v) is 8.50. The zero-order valence-corrected chi connectivity index (χ0v) is 16.9. The van der Waals surface area contributed by atoms with Gasteiger partial charge in [0.1, 0.15) is 28.9 Å². The van der Waals surface area contributed by atoms with Crippen molar-refractivity contribution in [3.05, 3.63) is 36.0 Å². The first-order valence-electron chi connectivity index (χ1n) is 8.50. The van der Waals surface area contributed by atoms with Gasteiger partial charge in [-0.25, -0.2) is 9.59 Å². The van der Waals surface area contributed by atoms with Gasteiger partial charge in [-0.3, -0.25) is 0 Å². The monoisotopic (exact) mass is 384 g/mol. The van der Waals surface area contributed by atoms with E-state index < -0.39 is 23.4 Å². The molecule has 0 spiro atoms. The number of carbonyl (C=O) groups is 2. The fourth-order valence-corrected chi connectivity index (χ4v) is 1.92. The van der Waals surface area contributed by atoms with Gasteiger partial charge < -0.3 is 14.8 Å². The molecule has 28 heavy (non-hydrogen) atoms. The Bertz CT molecular complexity index is 805. The van der Waals surface area contributed by atoms with Crippen molar-refractivity contribution in [2.75, 3.05) is 10.2 Å². The van der Waals surface area contributed by atoms with Gasteiger partial charge in [-0.05, 0) is 53.7 Å². The maximum Gasteiger partial charge on any atom is 0.424 e. The Labute approximate surface area is 164 Å². The Hall–Kier alpha value is -3.52. The lowest BCUT2D eigenvalue weighted by Gasteiger charge is -2.29. The number of anilines is 2. The van der Waals surface area contributed by atoms with Crippen LogP contribution >= 0.6 is 0 Å². The predicted molar refractivity (Wildman–Crippen MR) is 104 cm³/mol. The van der Waals surface area contributed by atoms with E-state index in [-0.39, 0.29) is 11.3 Å². The fraction of sp³-hybridized carbons (Fsp3) is 0.400. The number of carbonyl (C=O) groups excluding carboxylic acids is 2. The van der Waals surface area contributed by atoms with Crippen molar-refractivity contribution >= 4 is 23.6 Å². The molecule has 0 atom stereocenters. The summed E-state index contributed by atoms with van der Waals surface area (Å²) >= 11 is 0. The smallest absolute Gasteiger partial charge is 0.424 e. The van der Waals surface area contributed by atoms with Gasteiger partial charge in [-0.2, -0.15) is 15.4 Å². The SMILES string of the molecule is CC(C)(C)OC(=O)N(C(=O)OC(C)(C)C)c1ccccc1NC=C(C#N)C#N. The van der Waals surface area contributed by atoms with Crippen molar-refractivity contribution in [3.8, 4) is 12.1 Å². The summed E-state index contributed by atoms with van der Waals surface area (Å²) in [4.78, 5) is 26.3. The van der Waals surface area contributed by atoms with Gasteiger partial charge in [-0.1, -0.05) is 12.1 Å². The summed E-state index contributed by atoms with van der Waals surface area (Å²) in [6.45, 7) is 10.1. The molecule has 8 heteroatoms. The minimum Gasteiger partial charge on any atom is -0.443 e. The summed E-state index contributed by atoms with van der Waals surface area (Å²) in [7, 11) is 0. The van der Waals surface area contributed by atoms with Gasteiger partial charge >= 0.3 is 12.2 Å². The second kappa shape index (κ2) is 8.92. The van der Waals surface area contributed by atoms with E-state index in [9.17, 15) is 9.59 Å². The molecule has 0 fully saturated rings. The molecule has 0 unspecified atom stereocenters. The Balaban J connectivity index is 3.40. The van der Waals surface area contributed by atoms with Crippen molar-refractivity contribution in [1.82, 2.24) is 0 Å². The maximum absolute atomic E-state index is 12.7. The van der Waals surface area contributed by atoms with Gasteiger partial charge in [0.15, 0.2) is 0 Å². The minimum absolute atomic E-state index is 0.150. The molecule has 0 aliphatic rings. The number of hydrogen-bond acceptors (Lipinski definition) is 7. The first-order chi connectivity index (χ1) is 12.9. The number of ether oxygens (including phenoxy) is 2. The Morgan fingerprint density at radius 1 is 0.964 bits per heavy atom. The summed E-state index contributed by atoms with van der Waals surface area (Å²) < 4.78 is 10.7. The lowest BCUT2D eigenvalue weighted by molar-refractivity contribution is 0.0431. The number of nitrogens with zero attached hydrogens (tertiary/aromatic N) is 3. The van der Waals surface area contributed by atoms with E-state index in [1.165, 1.54) is 12.3 Å². The topological polar surface area (TPSA) is 115 Å². The van der Waals surface area contributed by atoms with E-state index in [1.54, 1.807) is 71.9 Å². The highest BCUT2D eigenvalue weighted by molar-refractivity contribution is 6.11. The molecular formula is C20H24N4O4. The van der Waals surface area contributed by atoms with Gasteiger partial charge in [0.25, 0.3) is 0 Å². The zero-order chi connectivity index (χ0) is 21.5. The largest absolute Gasteiger partial charge is 0.443 e. The molecule has 1 N–H and O–H groups in total. The molecular weight excluding hydrogens is 360 g/mol. The number of benzene rings is 1. The average Bonchev–Trinajstić information content (AvgIpc) is 2.54. The van der Waals surface area contributed by atoms with Crippen LogP contribution in [0.4, 0.5) is 21.0 Å². The van der Waals surface area contributed by atoms with E-state index in [1.807, 2.05) is 0 Å². The van der Waals surface area contributed by atoms with Crippen molar-refractivity contribution < 1.29 is 19.1 Å². The number of imide groups is 1. The van der Waals surface area contributed by atoms with E-state index in [0.29, 0.717) is 5.69 Å². The quantitative estimate of drug-likeness (QED) is 0.750. The number of para-hydroxylation sites is 2. The van der Waals surface area contributed by atoms with Gasteiger partial charge in [0, 0.05) is 6.20 Å². The second-order valence-electron chi connectivity index (χ2n) is 7.74. The summed E-state index contributed by atoms with van der Waals surface area (Å²) in [6, 6.07) is 9.83. The third kappa shape index (κ3) is 7.00. The van der Waals surface area contributed by atoms with Crippen molar-refractivity contribution in [3.63, 3.8) is 0 Å². The van der Waals surface area contributed by atoms with Crippen LogP contribution in [0.25, 0.3) is 0 Å². The maximum atomic E-state index is 12.7. The summed E-state index contributed by atoms with van der Waals surface area (Å²) in [5.41, 5.74) is -1.39. The lowest BCUT2D eigenvalue weighted by atomic mass is 10.2. The van der Waals surface area contributed by atoms with Crippen LogP contribution in [0.3, 0.4) is 0 Å². The van der Waals surface area contributed by atoms with Crippen LogP contribution in [0.5, 0.6) is 0 Å². The Kier molecular flexibility index (Phi) is 7.17. The average molecular weight is 384 g/mol. The van der Waals surface area contributed by atoms with E-state index >= 15 is 0 Å². The number of rotatable bonds is 3. The molecule has 0 bridgehead atoms. The minimum atomic E-state index is -0.916. The summed E-state index contributed by atoms with van der Waals surface area (Å²) in [5, 5.41) is 20.5. The first kappa shape index (κ1) is 22.5. The number of allylic oxidation sites excluding steroid dienone is 1. The highest BCUT2D eigenvalue weighted by Gasteiger charge is 2.33. The second-order valence-corrected chi connectivity index (χ2v) is 7.74. The van der Waals surface area contributed by atoms with Crippen LogP contribution in [0, 0.1) is 22.7 Å². The Morgan fingerprint density at radius 3 is 1.86 bits per heavy atom. The molecule has 148 valence electrons. The number of nitriles is 2. The molecule has 1 rings (SSSR count). The highest BCUT2D eigenvalue weighted by atomic mass is 16.6. The predicted octanol–water partition coefficient (Wildman–Crippen LogP) is 4.71. The van der Waals surface area contributed by atoms with Crippen LogP contribution in [0.15, 0.2) is 36.0 Å². The fourth-order valence-electron chi connectivity index (χ4n) is 1.92. The molecule has 0 saturated heterocycles. The molecule has 1 aromatic carbocycles. The van der Waals surface area contributed by atoms with Crippen LogP contribution in [0.2, 0.25) is 0 Å². The molecule has 1 aromatic rings. The third-order valence-corrected chi connectivity index (χ3v) is 2.91. The lowest BCUT2D eigenvalue weighted by Crippen LogP contribution is -2.44. The van der Waals surface area contributed by atoms with Gasteiger partial charge in [0.2, 0.25) is 0 Å². The number of amides is 2. The molecule has 8 nitrogen and oxygen atoms in total. The van der Waals surface area contributed by atoms with E-state index in [0.717, 1.165) is 4.90 Å². The van der Waals surface area contributed by atoms with E-state index in [4.69, 9.17) is 20.0 Å². The van der Waals surface area contributed by atoms with Crippen LogP contribution < -0.4 is 10.2 Å². The van der Waals surface area contributed by atoms with Crippen molar-refractivity contribution in [2.24, 2.45) is 0 Å². The number of hydrogen-bond donors (Lipinski definition) is 1.